The number of carbonyl (C=O) groups is 2. The molecule has 0 bridgehead atoms. The lowest BCUT2D eigenvalue weighted by atomic mass is 10.1. The summed E-state index contributed by atoms with van der Waals surface area (Å²) in [6, 6.07) is -0.526. The van der Waals surface area contributed by atoms with Crippen molar-refractivity contribution in [2.75, 3.05) is 46.9 Å². The Bertz CT molecular complexity index is 288. The van der Waals surface area contributed by atoms with Crippen LogP contribution in [-0.4, -0.2) is 74.7 Å². The molecule has 18 heavy (non-hydrogen) atoms. The number of methoxy groups -OCH3 is 2. The highest BCUT2D eigenvalue weighted by Crippen LogP contribution is 2.11. The van der Waals surface area contributed by atoms with Crippen LogP contribution in [0.3, 0.4) is 0 Å². The van der Waals surface area contributed by atoms with Crippen LogP contribution in [0.4, 0.5) is 0 Å². The second-order valence-corrected chi connectivity index (χ2v) is 4.29. The van der Waals surface area contributed by atoms with Crippen molar-refractivity contribution in [3.63, 3.8) is 0 Å². The van der Waals surface area contributed by atoms with Crippen molar-refractivity contribution < 1.29 is 19.1 Å². The van der Waals surface area contributed by atoms with Crippen molar-refractivity contribution in [3.05, 3.63) is 0 Å². The molecule has 1 fully saturated rings. The van der Waals surface area contributed by atoms with Gasteiger partial charge in [-0.2, -0.15) is 0 Å². The topological polar surface area (TPSA) is 59.1 Å². The van der Waals surface area contributed by atoms with Crippen molar-refractivity contribution in [1.82, 2.24) is 9.80 Å². The molecular weight excluding hydrogens is 236 g/mol. The number of piperazine rings is 1. The summed E-state index contributed by atoms with van der Waals surface area (Å²) in [5.41, 5.74) is 0. The zero-order valence-electron chi connectivity index (χ0n) is 11.3. The molecule has 1 atom stereocenters. The molecule has 0 amide bonds. The third-order valence-corrected chi connectivity index (χ3v) is 3.36. The van der Waals surface area contributed by atoms with E-state index in [9.17, 15) is 9.59 Å². The molecule has 0 aromatic carbocycles. The number of esters is 2. The first-order chi connectivity index (χ1) is 8.62. The number of hydrogen-bond donors (Lipinski definition) is 0. The number of hydrogen-bond acceptors (Lipinski definition) is 6. The van der Waals surface area contributed by atoms with Crippen LogP contribution in [0.1, 0.15) is 13.3 Å². The molecule has 104 valence electrons. The normalized spacial score (nSPS) is 19.3. The Balaban J connectivity index is 2.60. The molecule has 6 heteroatoms. The van der Waals surface area contributed by atoms with Gasteiger partial charge in [-0.05, 0) is 6.54 Å². The van der Waals surface area contributed by atoms with E-state index in [2.05, 4.69) is 16.6 Å². The third kappa shape index (κ3) is 3.96. The fourth-order valence-corrected chi connectivity index (χ4v) is 2.13. The van der Waals surface area contributed by atoms with Gasteiger partial charge in [-0.1, -0.05) is 6.92 Å². The minimum Gasteiger partial charge on any atom is -0.469 e. The van der Waals surface area contributed by atoms with Gasteiger partial charge in [0, 0.05) is 26.2 Å². The lowest BCUT2D eigenvalue weighted by Gasteiger charge is -2.37. The van der Waals surface area contributed by atoms with Gasteiger partial charge in [0.25, 0.3) is 0 Å². The lowest BCUT2D eigenvalue weighted by molar-refractivity contribution is -0.154. The van der Waals surface area contributed by atoms with Crippen molar-refractivity contribution in [3.8, 4) is 0 Å². The quantitative estimate of drug-likeness (QED) is 0.633. The monoisotopic (exact) mass is 258 g/mol. The van der Waals surface area contributed by atoms with E-state index in [0.29, 0.717) is 0 Å². The van der Waals surface area contributed by atoms with E-state index in [1.807, 2.05) is 4.90 Å². The van der Waals surface area contributed by atoms with Crippen LogP contribution in [-0.2, 0) is 19.1 Å². The third-order valence-electron chi connectivity index (χ3n) is 3.36. The van der Waals surface area contributed by atoms with Gasteiger partial charge < -0.3 is 14.4 Å². The standard InChI is InChI=1S/C12H22N2O4/c1-4-13-5-7-14(8-6-13)10(12(16)18-3)9-11(15)17-2/h10H,4-9H2,1-3H3. The predicted molar refractivity (Wildman–Crippen MR) is 66.1 cm³/mol. The molecule has 0 radical (unpaired) electrons. The zero-order valence-corrected chi connectivity index (χ0v) is 11.3. The Kier molecular flexibility index (Phi) is 6.07. The average molecular weight is 258 g/mol. The molecule has 0 aromatic rings. The molecule has 1 saturated heterocycles. The summed E-state index contributed by atoms with van der Waals surface area (Å²) in [6.07, 6.45) is 0.0509. The molecule has 1 aliphatic heterocycles. The summed E-state index contributed by atoms with van der Waals surface area (Å²) < 4.78 is 9.39. The highest BCUT2D eigenvalue weighted by Gasteiger charge is 2.31. The minimum absolute atomic E-state index is 0.0509. The molecule has 1 unspecified atom stereocenters. The summed E-state index contributed by atoms with van der Waals surface area (Å²) in [6.45, 7) is 6.47. The van der Waals surface area contributed by atoms with E-state index in [4.69, 9.17) is 4.74 Å². The van der Waals surface area contributed by atoms with Gasteiger partial charge in [0.1, 0.15) is 6.04 Å². The molecule has 1 rings (SSSR count). The molecular formula is C12H22N2O4. The second kappa shape index (κ2) is 7.33. The lowest BCUT2D eigenvalue weighted by Crippen LogP contribution is -2.53. The Morgan fingerprint density at radius 2 is 1.72 bits per heavy atom. The summed E-state index contributed by atoms with van der Waals surface area (Å²) >= 11 is 0. The first kappa shape index (κ1) is 14.9. The van der Waals surface area contributed by atoms with Crippen LogP contribution in [0.25, 0.3) is 0 Å². The fourth-order valence-electron chi connectivity index (χ4n) is 2.13. The smallest absolute Gasteiger partial charge is 0.323 e. The van der Waals surface area contributed by atoms with Gasteiger partial charge in [-0.3, -0.25) is 14.5 Å². The molecule has 0 saturated carbocycles. The predicted octanol–water partition coefficient (Wildman–Crippen LogP) is -0.271. The maximum absolute atomic E-state index is 11.7. The minimum atomic E-state index is -0.526. The van der Waals surface area contributed by atoms with Crippen LogP contribution < -0.4 is 0 Å². The van der Waals surface area contributed by atoms with Gasteiger partial charge >= 0.3 is 11.9 Å². The number of carbonyl (C=O) groups excluding carboxylic acids is 2. The second-order valence-electron chi connectivity index (χ2n) is 4.29. The van der Waals surface area contributed by atoms with E-state index in [-0.39, 0.29) is 18.4 Å². The molecule has 0 aromatic heterocycles. The van der Waals surface area contributed by atoms with Crippen LogP contribution in [0.5, 0.6) is 0 Å². The van der Waals surface area contributed by atoms with E-state index in [1.165, 1.54) is 14.2 Å². The number of likely N-dealkylation sites (N-methyl/N-ethyl adjacent to an activating group) is 1. The maximum atomic E-state index is 11.7. The Morgan fingerprint density at radius 1 is 1.11 bits per heavy atom. The highest BCUT2D eigenvalue weighted by atomic mass is 16.5. The van der Waals surface area contributed by atoms with Crippen LogP contribution in [0.15, 0.2) is 0 Å². The average Bonchev–Trinajstić information content (AvgIpc) is 2.43. The van der Waals surface area contributed by atoms with Gasteiger partial charge in [-0.15, -0.1) is 0 Å². The van der Waals surface area contributed by atoms with Gasteiger partial charge in [-0.25, -0.2) is 0 Å². The first-order valence-corrected chi connectivity index (χ1v) is 6.23. The zero-order chi connectivity index (χ0) is 13.5. The fraction of sp³-hybridized carbons (Fsp3) is 0.833. The molecule has 0 N–H and O–H groups in total. The number of nitrogens with zero attached hydrogens (tertiary/aromatic N) is 2. The molecule has 1 aliphatic rings. The highest BCUT2D eigenvalue weighted by molar-refractivity contribution is 5.82. The van der Waals surface area contributed by atoms with Crippen LogP contribution in [0.2, 0.25) is 0 Å². The van der Waals surface area contributed by atoms with Crippen LogP contribution in [0, 0.1) is 0 Å². The largest absolute Gasteiger partial charge is 0.469 e. The maximum Gasteiger partial charge on any atom is 0.323 e. The Labute approximate surface area is 108 Å². The van der Waals surface area contributed by atoms with Crippen molar-refractivity contribution in [2.24, 2.45) is 0 Å². The molecule has 6 nitrogen and oxygen atoms in total. The van der Waals surface area contributed by atoms with E-state index in [0.717, 1.165) is 32.7 Å². The van der Waals surface area contributed by atoms with E-state index in [1.54, 1.807) is 0 Å². The summed E-state index contributed by atoms with van der Waals surface area (Å²) in [5, 5.41) is 0. The summed E-state index contributed by atoms with van der Waals surface area (Å²) in [4.78, 5) is 27.4. The van der Waals surface area contributed by atoms with Crippen molar-refractivity contribution in [2.45, 2.75) is 19.4 Å². The van der Waals surface area contributed by atoms with Gasteiger partial charge in [0.05, 0.1) is 20.6 Å². The molecule has 0 spiro atoms. The van der Waals surface area contributed by atoms with Crippen molar-refractivity contribution in [1.29, 1.82) is 0 Å². The van der Waals surface area contributed by atoms with Crippen LogP contribution >= 0.6 is 0 Å². The van der Waals surface area contributed by atoms with E-state index < -0.39 is 6.04 Å². The number of rotatable bonds is 5. The summed E-state index contributed by atoms with van der Waals surface area (Å²) in [5.74, 6) is -0.756. The molecule has 0 aliphatic carbocycles. The summed E-state index contributed by atoms with van der Waals surface area (Å²) in [7, 11) is 2.67. The van der Waals surface area contributed by atoms with Gasteiger partial charge in [0.15, 0.2) is 0 Å². The SMILES string of the molecule is CCN1CCN(C(CC(=O)OC)C(=O)OC)CC1. The Hall–Kier alpha value is -1.14. The molecule has 1 heterocycles. The van der Waals surface area contributed by atoms with Crippen molar-refractivity contribution >= 4 is 11.9 Å². The Morgan fingerprint density at radius 3 is 2.17 bits per heavy atom. The van der Waals surface area contributed by atoms with E-state index >= 15 is 0 Å². The van der Waals surface area contributed by atoms with Gasteiger partial charge in [0.2, 0.25) is 0 Å². The first-order valence-electron chi connectivity index (χ1n) is 6.23. The number of ether oxygens (including phenoxy) is 2.